The molecule has 0 fully saturated rings. The summed E-state index contributed by atoms with van der Waals surface area (Å²) >= 11 is 3.34. The number of rotatable bonds is 5. The molecule has 1 aromatic rings. The van der Waals surface area contributed by atoms with E-state index in [1.807, 2.05) is 36.4 Å². The fourth-order valence-electron chi connectivity index (χ4n) is 1.29. The number of alkyl halides is 1. The first kappa shape index (κ1) is 12.0. The molecule has 0 heterocycles. The van der Waals surface area contributed by atoms with Crippen molar-refractivity contribution >= 4 is 28.0 Å². The van der Waals surface area contributed by atoms with Gasteiger partial charge < -0.3 is 5.11 Å². The van der Waals surface area contributed by atoms with Gasteiger partial charge in [0.1, 0.15) is 0 Å². The van der Waals surface area contributed by atoms with Crippen LogP contribution in [0.2, 0.25) is 0 Å². The minimum atomic E-state index is -0.795. The lowest BCUT2D eigenvalue weighted by molar-refractivity contribution is -0.136. The van der Waals surface area contributed by atoms with E-state index in [0.29, 0.717) is 0 Å². The van der Waals surface area contributed by atoms with Crippen LogP contribution in [0.15, 0.2) is 30.3 Å². The molecule has 0 amide bonds. The third kappa shape index (κ3) is 4.30. The lowest BCUT2D eigenvalue weighted by Gasteiger charge is -2.02. The predicted molar refractivity (Wildman–Crippen MR) is 65.2 cm³/mol. The SMILES string of the molecule is O=C(O)Cc1ccccc1C=CCCBr. The molecule has 0 aliphatic rings. The molecule has 3 heteroatoms. The number of hydrogen-bond donors (Lipinski definition) is 1. The second kappa shape index (κ2) is 6.40. The number of carboxylic acid groups (broad SMARTS) is 1. The molecule has 80 valence electrons. The first-order valence-corrected chi connectivity index (χ1v) is 5.88. The minimum absolute atomic E-state index is 0.0782. The van der Waals surface area contributed by atoms with E-state index >= 15 is 0 Å². The molecule has 0 bridgehead atoms. The van der Waals surface area contributed by atoms with Crippen molar-refractivity contribution < 1.29 is 9.90 Å². The number of allylic oxidation sites excluding steroid dienone is 1. The van der Waals surface area contributed by atoms with Crippen molar-refractivity contribution in [2.45, 2.75) is 12.8 Å². The first-order valence-electron chi connectivity index (χ1n) is 4.76. The molecule has 0 radical (unpaired) electrons. The van der Waals surface area contributed by atoms with Gasteiger partial charge in [0.25, 0.3) is 0 Å². The molecule has 0 aliphatic carbocycles. The zero-order valence-corrected chi connectivity index (χ0v) is 9.90. The molecule has 0 atom stereocenters. The van der Waals surface area contributed by atoms with Gasteiger partial charge in [-0.15, -0.1) is 0 Å². The van der Waals surface area contributed by atoms with E-state index in [0.717, 1.165) is 22.9 Å². The molecule has 1 aromatic carbocycles. The van der Waals surface area contributed by atoms with E-state index in [1.165, 1.54) is 0 Å². The van der Waals surface area contributed by atoms with Crippen LogP contribution >= 0.6 is 15.9 Å². The zero-order valence-electron chi connectivity index (χ0n) is 8.32. The van der Waals surface area contributed by atoms with Crippen molar-refractivity contribution in [3.05, 3.63) is 41.5 Å². The predicted octanol–water partition coefficient (Wildman–Crippen LogP) is 3.11. The molecule has 0 spiro atoms. The summed E-state index contributed by atoms with van der Waals surface area (Å²) in [7, 11) is 0. The smallest absolute Gasteiger partial charge is 0.307 e. The second-order valence-corrected chi connectivity index (χ2v) is 3.94. The fourth-order valence-corrected chi connectivity index (χ4v) is 1.56. The maximum Gasteiger partial charge on any atom is 0.307 e. The van der Waals surface area contributed by atoms with Crippen LogP contribution < -0.4 is 0 Å². The molecule has 15 heavy (non-hydrogen) atoms. The molecule has 0 saturated carbocycles. The molecule has 1 N–H and O–H groups in total. The van der Waals surface area contributed by atoms with Gasteiger partial charge >= 0.3 is 5.97 Å². The van der Waals surface area contributed by atoms with Crippen LogP contribution in [0.5, 0.6) is 0 Å². The third-order valence-electron chi connectivity index (χ3n) is 1.97. The summed E-state index contributed by atoms with van der Waals surface area (Å²) in [5.74, 6) is -0.795. The van der Waals surface area contributed by atoms with Crippen LogP contribution in [-0.2, 0) is 11.2 Å². The first-order chi connectivity index (χ1) is 7.24. The van der Waals surface area contributed by atoms with Gasteiger partial charge in [0.05, 0.1) is 6.42 Å². The summed E-state index contributed by atoms with van der Waals surface area (Å²) < 4.78 is 0. The molecular weight excluding hydrogens is 256 g/mol. The molecule has 0 aliphatic heterocycles. The average molecular weight is 269 g/mol. The van der Waals surface area contributed by atoms with Gasteiger partial charge in [-0.25, -0.2) is 0 Å². The van der Waals surface area contributed by atoms with Crippen LogP contribution in [0, 0.1) is 0 Å². The number of aliphatic carboxylic acids is 1. The Balaban J connectivity index is 2.81. The molecule has 0 saturated heterocycles. The van der Waals surface area contributed by atoms with Crippen molar-refractivity contribution in [1.82, 2.24) is 0 Å². The van der Waals surface area contributed by atoms with Crippen molar-refractivity contribution in [3.8, 4) is 0 Å². The maximum absolute atomic E-state index is 10.6. The van der Waals surface area contributed by atoms with Gasteiger partial charge in [0.15, 0.2) is 0 Å². The average Bonchev–Trinajstić information content (AvgIpc) is 2.20. The Morgan fingerprint density at radius 3 is 2.80 bits per heavy atom. The Bertz CT molecular complexity index is 358. The Kier molecular flexibility index (Phi) is 5.12. The standard InChI is InChI=1S/C12H13BrO2/c13-8-4-3-6-10-5-1-2-7-11(10)9-12(14)15/h1-3,5-7H,4,8-9H2,(H,14,15). The number of benzene rings is 1. The largest absolute Gasteiger partial charge is 0.481 e. The summed E-state index contributed by atoms with van der Waals surface area (Å²) in [6, 6.07) is 7.56. The molecule has 0 aromatic heterocycles. The molecular formula is C12H13BrO2. The van der Waals surface area contributed by atoms with Crippen molar-refractivity contribution in [1.29, 1.82) is 0 Å². The molecule has 2 nitrogen and oxygen atoms in total. The van der Waals surface area contributed by atoms with Gasteiger partial charge in [0, 0.05) is 5.33 Å². The minimum Gasteiger partial charge on any atom is -0.481 e. The summed E-state index contributed by atoms with van der Waals surface area (Å²) in [5, 5.41) is 9.65. The van der Waals surface area contributed by atoms with Gasteiger partial charge in [0.2, 0.25) is 0 Å². The highest BCUT2D eigenvalue weighted by atomic mass is 79.9. The van der Waals surface area contributed by atoms with E-state index in [1.54, 1.807) is 0 Å². The van der Waals surface area contributed by atoms with Crippen molar-refractivity contribution in [3.63, 3.8) is 0 Å². The highest BCUT2D eigenvalue weighted by Gasteiger charge is 2.03. The summed E-state index contributed by atoms with van der Waals surface area (Å²) in [6.07, 6.45) is 5.03. The van der Waals surface area contributed by atoms with E-state index < -0.39 is 5.97 Å². The normalized spacial score (nSPS) is 10.7. The van der Waals surface area contributed by atoms with Gasteiger partial charge in [-0.3, -0.25) is 4.79 Å². The Labute approximate surface area is 97.8 Å². The molecule has 0 unspecified atom stereocenters. The number of halogens is 1. The lowest BCUT2D eigenvalue weighted by Crippen LogP contribution is -2.01. The van der Waals surface area contributed by atoms with Crippen molar-refractivity contribution in [2.75, 3.05) is 5.33 Å². The van der Waals surface area contributed by atoms with Crippen LogP contribution in [0.4, 0.5) is 0 Å². The van der Waals surface area contributed by atoms with Crippen LogP contribution in [0.3, 0.4) is 0 Å². The fraction of sp³-hybridized carbons (Fsp3) is 0.250. The van der Waals surface area contributed by atoms with Gasteiger partial charge in [-0.1, -0.05) is 52.3 Å². The maximum atomic E-state index is 10.6. The van der Waals surface area contributed by atoms with Crippen molar-refractivity contribution in [2.24, 2.45) is 0 Å². The summed E-state index contributed by atoms with van der Waals surface area (Å²) in [6.45, 7) is 0. The van der Waals surface area contributed by atoms with E-state index in [4.69, 9.17) is 5.11 Å². The quantitative estimate of drug-likeness (QED) is 0.834. The Hall–Kier alpha value is -1.09. The Morgan fingerprint density at radius 2 is 2.13 bits per heavy atom. The molecule has 1 rings (SSSR count). The second-order valence-electron chi connectivity index (χ2n) is 3.15. The van der Waals surface area contributed by atoms with Gasteiger partial charge in [-0.05, 0) is 17.5 Å². The zero-order chi connectivity index (χ0) is 11.1. The highest BCUT2D eigenvalue weighted by Crippen LogP contribution is 2.12. The van der Waals surface area contributed by atoms with Crippen LogP contribution in [0.1, 0.15) is 17.5 Å². The van der Waals surface area contributed by atoms with E-state index in [9.17, 15) is 4.79 Å². The lowest BCUT2D eigenvalue weighted by atomic mass is 10.0. The van der Waals surface area contributed by atoms with Crippen LogP contribution in [0.25, 0.3) is 6.08 Å². The van der Waals surface area contributed by atoms with E-state index in [-0.39, 0.29) is 6.42 Å². The van der Waals surface area contributed by atoms with Crippen LogP contribution in [-0.4, -0.2) is 16.4 Å². The van der Waals surface area contributed by atoms with E-state index in [2.05, 4.69) is 15.9 Å². The summed E-state index contributed by atoms with van der Waals surface area (Å²) in [4.78, 5) is 10.6. The monoisotopic (exact) mass is 268 g/mol. The summed E-state index contributed by atoms with van der Waals surface area (Å²) in [5.41, 5.74) is 1.84. The van der Waals surface area contributed by atoms with Gasteiger partial charge in [-0.2, -0.15) is 0 Å². The number of carboxylic acids is 1. The topological polar surface area (TPSA) is 37.3 Å². The highest BCUT2D eigenvalue weighted by molar-refractivity contribution is 9.09. The Morgan fingerprint density at radius 1 is 1.40 bits per heavy atom. The number of carbonyl (C=O) groups is 1. The number of hydrogen-bond acceptors (Lipinski definition) is 1. The third-order valence-corrected chi connectivity index (χ3v) is 2.43.